The Balaban J connectivity index is 2.63. The minimum atomic E-state index is 0.467. The molecule has 0 atom stereocenters. The van der Waals surface area contributed by atoms with E-state index >= 15 is 0 Å². The van der Waals surface area contributed by atoms with Gasteiger partial charge in [0.2, 0.25) is 0 Å². The normalized spacial score (nSPS) is 10.7. The van der Waals surface area contributed by atoms with Crippen LogP contribution in [0.25, 0.3) is 10.9 Å². The average molecular weight is 253 g/mol. The van der Waals surface area contributed by atoms with Crippen LogP contribution in [0.4, 0.5) is 5.69 Å². The standard InChI is InChI=1S/C16H19N3/c1-4-7-18-16-13(9-17)10-19-15-6-5-12(11(2)3)8-14(15)16/h5-6,8,10-11H,4,7H2,1-3H3,(H,18,19). The van der Waals surface area contributed by atoms with Gasteiger partial charge >= 0.3 is 0 Å². The minimum Gasteiger partial charge on any atom is -0.383 e. The average Bonchev–Trinajstić information content (AvgIpc) is 2.43. The number of hydrogen-bond donors (Lipinski definition) is 1. The van der Waals surface area contributed by atoms with Gasteiger partial charge in [0.1, 0.15) is 6.07 Å². The summed E-state index contributed by atoms with van der Waals surface area (Å²) in [5.74, 6) is 0.467. The second-order valence-electron chi connectivity index (χ2n) is 5.02. The second-order valence-corrected chi connectivity index (χ2v) is 5.02. The van der Waals surface area contributed by atoms with Crippen LogP contribution >= 0.6 is 0 Å². The lowest BCUT2D eigenvalue weighted by Crippen LogP contribution is -2.03. The van der Waals surface area contributed by atoms with E-state index in [2.05, 4.69) is 49.3 Å². The molecule has 0 saturated heterocycles. The summed E-state index contributed by atoms with van der Waals surface area (Å²) < 4.78 is 0. The van der Waals surface area contributed by atoms with Gasteiger partial charge in [-0.1, -0.05) is 26.8 Å². The first kappa shape index (κ1) is 13.4. The van der Waals surface area contributed by atoms with E-state index in [1.165, 1.54) is 5.56 Å². The molecule has 0 aliphatic rings. The monoisotopic (exact) mass is 253 g/mol. The largest absolute Gasteiger partial charge is 0.383 e. The lowest BCUT2D eigenvalue weighted by atomic mass is 9.99. The first-order chi connectivity index (χ1) is 9.17. The van der Waals surface area contributed by atoms with E-state index in [-0.39, 0.29) is 0 Å². The first-order valence-corrected chi connectivity index (χ1v) is 6.74. The molecule has 0 aliphatic heterocycles. The van der Waals surface area contributed by atoms with Crippen LogP contribution in [-0.4, -0.2) is 11.5 Å². The van der Waals surface area contributed by atoms with Gasteiger partial charge in [-0.25, -0.2) is 0 Å². The smallest absolute Gasteiger partial charge is 0.103 e. The number of fused-ring (bicyclic) bond motifs is 1. The van der Waals surface area contributed by atoms with Crippen LogP contribution in [-0.2, 0) is 0 Å². The maximum absolute atomic E-state index is 9.23. The zero-order valence-corrected chi connectivity index (χ0v) is 11.7. The van der Waals surface area contributed by atoms with Gasteiger partial charge in [0.25, 0.3) is 0 Å². The third-order valence-electron chi connectivity index (χ3n) is 3.23. The number of anilines is 1. The first-order valence-electron chi connectivity index (χ1n) is 6.74. The van der Waals surface area contributed by atoms with Gasteiger partial charge in [0, 0.05) is 18.1 Å². The summed E-state index contributed by atoms with van der Waals surface area (Å²) in [7, 11) is 0. The third-order valence-corrected chi connectivity index (χ3v) is 3.23. The summed E-state index contributed by atoms with van der Waals surface area (Å²) in [6.07, 6.45) is 2.67. The number of nitriles is 1. The number of aromatic nitrogens is 1. The molecule has 2 aromatic rings. The van der Waals surface area contributed by atoms with Crippen LogP contribution in [0.3, 0.4) is 0 Å². The van der Waals surface area contributed by atoms with Crippen LogP contribution in [0.1, 0.15) is 44.2 Å². The molecule has 0 bridgehead atoms. The van der Waals surface area contributed by atoms with Crippen molar-refractivity contribution in [2.45, 2.75) is 33.1 Å². The summed E-state index contributed by atoms with van der Waals surface area (Å²) >= 11 is 0. The van der Waals surface area contributed by atoms with E-state index in [4.69, 9.17) is 0 Å². The van der Waals surface area contributed by atoms with Crippen LogP contribution in [0.15, 0.2) is 24.4 Å². The zero-order chi connectivity index (χ0) is 13.8. The highest BCUT2D eigenvalue weighted by Crippen LogP contribution is 2.28. The van der Waals surface area contributed by atoms with Gasteiger partial charge in [0.05, 0.1) is 16.8 Å². The molecule has 0 fully saturated rings. The minimum absolute atomic E-state index is 0.467. The van der Waals surface area contributed by atoms with Crippen molar-refractivity contribution in [2.24, 2.45) is 0 Å². The molecular formula is C16H19N3. The van der Waals surface area contributed by atoms with E-state index in [0.717, 1.165) is 29.6 Å². The highest BCUT2D eigenvalue weighted by molar-refractivity contribution is 5.94. The number of rotatable bonds is 4. The molecule has 1 heterocycles. The highest BCUT2D eigenvalue weighted by Gasteiger charge is 2.10. The molecule has 0 unspecified atom stereocenters. The summed E-state index contributed by atoms with van der Waals surface area (Å²) in [6, 6.07) is 8.50. The lowest BCUT2D eigenvalue weighted by molar-refractivity contribution is 0.868. The quantitative estimate of drug-likeness (QED) is 0.894. The Morgan fingerprint density at radius 3 is 2.79 bits per heavy atom. The van der Waals surface area contributed by atoms with E-state index in [1.54, 1.807) is 6.20 Å². The van der Waals surface area contributed by atoms with Crippen molar-refractivity contribution in [3.63, 3.8) is 0 Å². The van der Waals surface area contributed by atoms with Gasteiger partial charge in [0.15, 0.2) is 0 Å². The van der Waals surface area contributed by atoms with E-state index < -0.39 is 0 Å². The van der Waals surface area contributed by atoms with Crippen molar-refractivity contribution < 1.29 is 0 Å². The Morgan fingerprint density at radius 1 is 1.37 bits per heavy atom. The van der Waals surface area contributed by atoms with Crippen molar-refractivity contribution in [1.82, 2.24) is 4.98 Å². The number of nitrogens with zero attached hydrogens (tertiary/aromatic N) is 2. The molecule has 0 saturated carbocycles. The van der Waals surface area contributed by atoms with Crippen molar-refractivity contribution in [3.8, 4) is 6.07 Å². The molecule has 0 spiro atoms. The Morgan fingerprint density at radius 2 is 2.16 bits per heavy atom. The maximum atomic E-state index is 9.23. The molecule has 19 heavy (non-hydrogen) atoms. The molecule has 0 amide bonds. The lowest BCUT2D eigenvalue weighted by Gasteiger charge is -2.13. The Bertz CT molecular complexity index is 624. The zero-order valence-electron chi connectivity index (χ0n) is 11.7. The summed E-state index contributed by atoms with van der Waals surface area (Å²) in [5.41, 5.74) is 3.73. The molecular weight excluding hydrogens is 234 g/mol. The van der Waals surface area contributed by atoms with E-state index in [0.29, 0.717) is 11.5 Å². The number of pyridine rings is 1. The third kappa shape index (κ3) is 2.68. The SMILES string of the molecule is CCCNc1c(C#N)cnc2ccc(C(C)C)cc12. The molecule has 0 aliphatic carbocycles. The fourth-order valence-corrected chi connectivity index (χ4v) is 2.09. The number of benzene rings is 1. The Labute approximate surface area is 114 Å². The molecule has 1 N–H and O–H groups in total. The van der Waals surface area contributed by atoms with Crippen molar-refractivity contribution in [2.75, 3.05) is 11.9 Å². The van der Waals surface area contributed by atoms with Gasteiger partial charge in [-0.3, -0.25) is 4.98 Å². The molecule has 3 heteroatoms. The molecule has 2 rings (SSSR count). The van der Waals surface area contributed by atoms with Gasteiger partial charge in [-0.05, 0) is 30.0 Å². The maximum Gasteiger partial charge on any atom is 0.103 e. The van der Waals surface area contributed by atoms with Crippen LogP contribution in [0, 0.1) is 11.3 Å². The van der Waals surface area contributed by atoms with Gasteiger partial charge < -0.3 is 5.32 Å². The fourth-order valence-electron chi connectivity index (χ4n) is 2.09. The molecule has 3 nitrogen and oxygen atoms in total. The van der Waals surface area contributed by atoms with Gasteiger partial charge in [-0.15, -0.1) is 0 Å². The number of nitrogens with one attached hydrogen (secondary N) is 1. The predicted octanol–water partition coefficient (Wildman–Crippen LogP) is 4.05. The van der Waals surface area contributed by atoms with Crippen molar-refractivity contribution >= 4 is 16.6 Å². The Kier molecular flexibility index (Phi) is 4.01. The van der Waals surface area contributed by atoms with Crippen molar-refractivity contribution in [3.05, 3.63) is 35.5 Å². The van der Waals surface area contributed by atoms with Crippen molar-refractivity contribution in [1.29, 1.82) is 5.26 Å². The van der Waals surface area contributed by atoms with Crippen LogP contribution in [0.5, 0.6) is 0 Å². The fraction of sp³-hybridized carbons (Fsp3) is 0.375. The second kappa shape index (κ2) is 5.71. The van der Waals surface area contributed by atoms with E-state index in [1.807, 2.05) is 6.07 Å². The van der Waals surface area contributed by atoms with Crippen LogP contribution < -0.4 is 5.32 Å². The van der Waals surface area contributed by atoms with Gasteiger partial charge in [-0.2, -0.15) is 5.26 Å². The topological polar surface area (TPSA) is 48.7 Å². The molecule has 98 valence electrons. The Hall–Kier alpha value is -2.08. The summed E-state index contributed by atoms with van der Waals surface area (Å²) in [4.78, 5) is 4.36. The summed E-state index contributed by atoms with van der Waals surface area (Å²) in [5, 5.41) is 13.6. The summed E-state index contributed by atoms with van der Waals surface area (Å²) in [6.45, 7) is 7.31. The van der Waals surface area contributed by atoms with Crippen LogP contribution in [0.2, 0.25) is 0 Å². The molecule has 0 radical (unpaired) electrons. The predicted molar refractivity (Wildman–Crippen MR) is 79.3 cm³/mol. The molecule has 1 aromatic heterocycles. The highest BCUT2D eigenvalue weighted by atomic mass is 14.9. The molecule has 1 aromatic carbocycles. The number of hydrogen-bond acceptors (Lipinski definition) is 3. The van der Waals surface area contributed by atoms with E-state index in [9.17, 15) is 5.26 Å².